The molecule has 188 valence electrons. The molecule has 1 N–H and O–H groups in total. The molecule has 0 aliphatic carbocycles. The predicted molar refractivity (Wildman–Crippen MR) is 128 cm³/mol. The third-order valence-corrected chi connectivity index (χ3v) is 8.98. The van der Waals surface area contributed by atoms with Crippen molar-refractivity contribution in [1.29, 1.82) is 0 Å². The summed E-state index contributed by atoms with van der Waals surface area (Å²) in [6.45, 7) is 3.41. The number of rotatable bonds is 6. The number of piperazine rings is 1. The smallest absolute Gasteiger partial charge is 0.246 e. The Kier molecular flexibility index (Phi) is 6.82. The molecule has 0 saturated carbocycles. The average molecular weight is 524 g/mol. The van der Waals surface area contributed by atoms with Gasteiger partial charge in [-0.1, -0.05) is 23.7 Å². The van der Waals surface area contributed by atoms with Crippen LogP contribution in [0.1, 0.15) is 25.8 Å². The van der Waals surface area contributed by atoms with Crippen LogP contribution < -0.4 is 10.1 Å². The molecule has 2 heterocycles. The SMILES string of the molecule is COc1ccc(Cl)cc1S(=O)(=O)C12CN(C(C)C)C(=O)C(Cc3ccc(F)cc3)N1C(=O)CCN2. The molecule has 0 radical (unpaired) electrons. The van der Waals surface area contributed by atoms with Gasteiger partial charge in [0.25, 0.3) is 0 Å². The van der Waals surface area contributed by atoms with Crippen molar-refractivity contribution >= 4 is 33.3 Å². The van der Waals surface area contributed by atoms with E-state index in [9.17, 15) is 22.4 Å². The number of nitrogens with one attached hydrogen (secondary N) is 1. The summed E-state index contributed by atoms with van der Waals surface area (Å²) < 4.78 is 47.5. The lowest BCUT2D eigenvalue weighted by Gasteiger charge is -2.56. The average Bonchev–Trinajstić information content (AvgIpc) is 2.81. The van der Waals surface area contributed by atoms with Crippen molar-refractivity contribution in [3.05, 3.63) is 58.9 Å². The molecule has 0 bridgehead atoms. The standard InChI is InChI=1S/C24H27ClFN3O5S/c1-15(2)28-14-24(35(32,33)21-13-17(25)6-9-20(21)34-3)27-11-10-22(30)29(24)19(23(28)31)12-16-4-7-18(26)8-5-16/h4-9,13,15,19,27H,10-12,14H2,1-3H3. The van der Waals surface area contributed by atoms with Crippen LogP contribution in [0.2, 0.25) is 5.02 Å². The highest BCUT2D eigenvalue weighted by atomic mass is 35.5. The summed E-state index contributed by atoms with van der Waals surface area (Å²) in [7, 11) is -3.03. The highest BCUT2D eigenvalue weighted by molar-refractivity contribution is 7.93. The molecule has 8 nitrogen and oxygen atoms in total. The summed E-state index contributed by atoms with van der Waals surface area (Å²) in [5, 5.41) is 3.25. The van der Waals surface area contributed by atoms with Crippen molar-refractivity contribution in [3.63, 3.8) is 0 Å². The van der Waals surface area contributed by atoms with Crippen LogP contribution in [0.4, 0.5) is 4.39 Å². The minimum Gasteiger partial charge on any atom is -0.495 e. The van der Waals surface area contributed by atoms with Gasteiger partial charge in [0.05, 0.1) is 13.7 Å². The van der Waals surface area contributed by atoms with E-state index in [4.69, 9.17) is 16.3 Å². The molecule has 0 aromatic heterocycles. The van der Waals surface area contributed by atoms with E-state index >= 15 is 0 Å². The van der Waals surface area contributed by atoms with Crippen LogP contribution in [0.5, 0.6) is 5.75 Å². The van der Waals surface area contributed by atoms with Gasteiger partial charge in [-0.3, -0.25) is 19.8 Å². The Labute approximate surface area is 208 Å². The van der Waals surface area contributed by atoms with Crippen LogP contribution in [0.15, 0.2) is 47.4 Å². The second kappa shape index (κ2) is 9.40. The second-order valence-corrected chi connectivity index (χ2v) is 11.5. The maximum absolute atomic E-state index is 14.4. The summed E-state index contributed by atoms with van der Waals surface area (Å²) in [5.41, 5.74) is 0.598. The third kappa shape index (κ3) is 4.28. The Morgan fingerprint density at radius 3 is 2.51 bits per heavy atom. The summed E-state index contributed by atoms with van der Waals surface area (Å²) >= 11 is 6.16. The molecule has 2 amide bonds. The topological polar surface area (TPSA) is 96.0 Å². The van der Waals surface area contributed by atoms with Gasteiger partial charge in [-0.05, 0) is 49.7 Å². The van der Waals surface area contributed by atoms with Crippen molar-refractivity contribution in [2.75, 3.05) is 20.2 Å². The molecule has 2 aliphatic rings. The number of fused-ring (bicyclic) bond motifs is 1. The van der Waals surface area contributed by atoms with E-state index in [1.54, 1.807) is 13.8 Å². The number of methoxy groups -OCH3 is 1. The van der Waals surface area contributed by atoms with Gasteiger partial charge in [-0.2, -0.15) is 0 Å². The number of sulfone groups is 1. The summed E-state index contributed by atoms with van der Waals surface area (Å²) in [5.74, 6) is -1.19. The van der Waals surface area contributed by atoms with Crippen molar-refractivity contribution < 1.29 is 27.1 Å². The van der Waals surface area contributed by atoms with Gasteiger partial charge in [0.15, 0.2) is 0 Å². The summed E-state index contributed by atoms with van der Waals surface area (Å²) in [6, 6.07) is 8.37. The number of benzene rings is 2. The Morgan fingerprint density at radius 2 is 1.89 bits per heavy atom. The fraction of sp³-hybridized carbons (Fsp3) is 0.417. The van der Waals surface area contributed by atoms with Crippen LogP contribution in [-0.2, 0) is 25.8 Å². The van der Waals surface area contributed by atoms with Gasteiger partial charge in [-0.25, -0.2) is 12.8 Å². The highest BCUT2D eigenvalue weighted by Gasteiger charge is 2.62. The Morgan fingerprint density at radius 1 is 1.20 bits per heavy atom. The molecule has 2 fully saturated rings. The first-order valence-corrected chi connectivity index (χ1v) is 13.1. The lowest BCUT2D eigenvalue weighted by atomic mass is 9.97. The van der Waals surface area contributed by atoms with Gasteiger partial charge < -0.3 is 9.64 Å². The molecule has 35 heavy (non-hydrogen) atoms. The number of halogens is 2. The van der Waals surface area contributed by atoms with Crippen LogP contribution in [-0.4, -0.2) is 67.3 Å². The van der Waals surface area contributed by atoms with Gasteiger partial charge >= 0.3 is 0 Å². The first kappa shape index (κ1) is 25.4. The van der Waals surface area contributed by atoms with Crippen molar-refractivity contribution in [1.82, 2.24) is 15.1 Å². The number of amides is 2. The molecular weight excluding hydrogens is 497 g/mol. The Hall–Kier alpha value is -2.69. The van der Waals surface area contributed by atoms with Gasteiger partial charge in [0.1, 0.15) is 22.5 Å². The summed E-state index contributed by atoms with van der Waals surface area (Å²) in [4.78, 5) is 27.5. The van der Waals surface area contributed by atoms with Gasteiger partial charge in [0.2, 0.25) is 26.6 Å². The van der Waals surface area contributed by atoms with Crippen LogP contribution in [0.25, 0.3) is 0 Å². The maximum atomic E-state index is 14.4. The fourth-order valence-corrected chi connectivity index (χ4v) is 7.14. The first-order valence-electron chi connectivity index (χ1n) is 11.2. The lowest BCUT2D eigenvalue weighted by molar-refractivity contribution is -0.165. The van der Waals surface area contributed by atoms with Gasteiger partial charge in [0, 0.05) is 30.5 Å². The number of carbonyl (C=O) groups is 2. The first-order chi connectivity index (χ1) is 16.5. The third-order valence-electron chi connectivity index (χ3n) is 6.49. The maximum Gasteiger partial charge on any atom is 0.246 e. The molecule has 0 spiro atoms. The zero-order chi connectivity index (χ0) is 25.5. The van der Waals surface area contributed by atoms with Crippen molar-refractivity contribution in [2.24, 2.45) is 0 Å². The Bertz CT molecular complexity index is 1250. The highest BCUT2D eigenvalue weighted by Crippen LogP contribution is 2.41. The van der Waals surface area contributed by atoms with E-state index in [-0.39, 0.29) is 53.5 Å². The Balaban J connectivity index is 1.92. The number of hydrogen-bond acceptors (Lipinski definition) is 6. The zero-order valence-corrected chi connectivity index (χ0v) is 21.2. The number of hydrogen-bond donors (Lipinski definition) is 1. The second-order valence-electron chi connectivity index (χ2n) is 8.93. The van der Waals surface area contributed by atoms with Crippen LogP contribution >= 0.6 is 11.6 Å². The minimum absolute atomic E-state index is 0.0266. The molecule has 2 unspecified atom stereocenters. The quantitative estimate of drug-likeness (QED) is 0.625. The number of nitrogens with zero attached hydrogens (tertiary/aromatic N) is 2. The predicted octanol–water partition coefficient (Wildman–Crippen LogP) is 2.60. The van der Waals surface area contributed by atoms with E-state index in [0.29, 0.717) is 5.56 Å². The largest absolute Gasteiger partial charge is 0.495 e. The van der Waals surface area contributed by atoms with Crippen molar-refractivity contribution in [3.8, 4) is 5.75 Å². The summed E-state index contributed by atoms with van der Waals surface area (Å²) in [6.07, 6.45) is 0.0541. The molecule has 2 atom stereocenters. The molecule has 2 aromatic rings. The van der Waals surface area contributed by atoms with E-state index in [1.807, 2.05) is 0 Å². The normalized spacial score (nSPS) is 23.0. The fourth-order valence-electron chi connectivity index (χ4n) is 4.75. The lowest BCUT2D eigenvalue weighted by Crippen LogP contribution is -2.80. The van der Waals surface area contributed by atoms with E-state index in [0.717, 1.165) is 4.90 Å². The van der Waals surface area contributed by atoms with Crippen LogP contribution in [0.3, 0.4) is 0 Å². The number of carbonyl (C=O) groups excluding carboxylic acids is 2. The van der Waals surface area contributed by atoms with E-state index in [2.05, 4.69) is 5.32 Å². The monoisotopic (exact) mass is 523 g/mol. The number of ether oxygens (including phenoxy) is 1. The molecule has 11 heteroatoms. The minimum atomic E-state index is -4.37. The van der Waals surface area contributed by atoms with Gasteiger partial charge in [-0.15, -0.1) is 0 Å². The van der Waals surface area contributed by atoms with Crippen molar-refractivity contribution in [2.45, 2.75) is 48.7 Å². The molecular formula is C24H27ClFN3O5S. The van der Waals surface area contributed by atoms with E-state index in [1.165, 1.54) is 54.5 Å². The molecule has 2 aromatic carbocycles. The molecule has 2 saturated heterocycles. The van der Waals surface area contributed by atoms with Crippen LogP contribution in [0, 0.1) is 5.82 Å². The molecule has 4 rings (SSSR count). The zero-order valence-electron chi connectivity index (χ0n) is 19.6. The molecule has 2 aliphatic heterocycles. The van der Waals surface area contributed by atoms with E-state index < -0.39 is 32.6 Å².